The maximum Gasteiger partial charge on any atom is 0.337 e. The van der Waals surface area contributed by atoms with E-state index in [1.807, 2.05) is 13.8 Å². The Balaban J connectivity index is 0.000000182. The zero-order valence-electron chi connectivity index (χ0n) is 50.9. The number of ketones is 2. The number of aromatic carboxylic acids is 2. The maximum absolute atomic E-state index is 13.2. The van der Waals surface area contributed by atoms with Crippen molar-refractivity contribution in [2.24, 2.45) is 0 Å². The van der Waals surface area contributed by atoms with E-state index in [0.29, 0.717) is 38.6 Å². The lowest BCUT2D eigenvalue weighted by Crippen LogP contribution is -2.34. The second-order valence-corrected chi connectivity index (χ2v) is 26.3. The van der Waals surface area contributed by atoms with E-state index < -0.39 is 23.9 Å². The van der Waals surface area contributed by atoms with Gasteiger partial charge in [0, 0.05) is 22.3 Å². The molecule has 2 N–H and O–H groups in total. The SMILES string of the molecule is COC(=O)c1ccc(C(=O)O)cc1.COC(=O)c1ccc(C(=O)c2cc3c(cc2C)C(C)(C)CCC3(C)C)cc1.Cc1cc2c(cc1C(=O)c1ccc(C(=O)O)cc1)C(C)(C)CCC2(C)C.Cc1ccc2c(c1)C(C)(C)CCC2(C)C. The quantitative estimate of drug-likeness (QED) is 0.111. The molecule has 428 valence electrons. The molecule has 0 spiro atoms. The van der Waals surface area contributed by atoms with Crippen molar-refractivity contribution >= 4 is 35.4 Å². The van der Waals surface area contributed by atoms with Crippen molar-refractivity contribution in [2.75, 3.05) is 14.2 Å². The Labute approximate surface area is 480 Å². The summed E-state index contributed by atoms with van der Waals surface area (Å²) in [5.74, 6) is -2.94. The topological polar surface area (TPSA) is 161 Å². The second kappa shape index (κ2) is 23.9. The summed E-state index contributed by atoms with van der Waals surface area (Å²) in [5, 5.41) is 17.6. The fourth-order valence-electron chi connectivity index (χ4n) is 11.5. The predicted octanol–water partition coefficient (Wildman–Crippen LogP) is 16.2. The molecule has 0 heterocycles. The molecule has 0 bridgehead atoms. The number of esters is 2. The summed E-state index contributed by atoms with van der Waals surface area (Å²) in [6.45, 7) is 33.8. The van der Waals surface area contributed by atoms with Crippen LogP contribution in [0.1, 0.15) is 245 Å². The Kier molecular flexibility index (Phi) is 18.5. The van der Waals surface area contributed by atoms with Gasteiger partial charge in [0.1, 0.15) is 0 Å². The molecule has 9 rings (SSSR count). The van der Waals surface area contributed by atoms with Crippen molar-refractivity contribution in [2.45, 2.75) is 175 Å². The number of ether oxygens (including phenoxy) is 2. The number of methoxy groups -OCH3 is 2. The highest BCUT2D eigenvalue weighted by atomic mass is 16.5. The van der Waals surface area contributed by atoms with E-state index in [1.54, 1.807) is 47.5 Å². The minimum Gasteiger partial charge on any atom is -0.478 e. The average molecular weight is 1100 g/mol. The fourth-order valence-corrected chi connectivity index (χ4v) is 11.5. The van der Waals surface area contributed by atoms with Crippen molar-refractivity contribution < 1.29 is 48.5 Å². The molecule has 10 heteroatoms. The normalized spacial score (nSPS) is 16.9. The van der Waals surface area contributed by atoms with Crippen LogP contribution < -0.4 is 0 Å². The molecule has 0 atom stereocenters. The standard InChI is InChI=1S/C24H28O3.C23H26O3.C15H22.C9H8O4/c1-15-13-19-20(24(4,5)12-11-23(19,2)3)14-18(15)21(25)16-7-9-17(10-8-16)22(26)27-6;1-14-12-18-19(23(4,5)11-10-22(18,2)3)13-17(14)20(24)15-6-8-16(9-7-15)21(25)26;1-11-6-7-12-13(10-11)15(4,5)9-8-14(12,2)3;1-13-9(12)7-4-2-6(3-5-7)8(10)11/h7-10,13-14H,11-12H2,1-6H3;6-9,12-13H,10-11H2,1-5H3,(H,25,26);6-7,10H,8-9H2,1-5H3;2-5H,1H3,(H,10,11). The molecule has 0 amide bonds. The Hall–Kier alpha value is -7.46. The average Bonchev–Trinajstić information content (AvgIpc) is 3.63. The number of carbonyl (C=O) groups excluding carboxylic acids is 4. The van der Waals surface area contributed by atoms with Gasteiger partial charge in [-0.2, -0.15) is 0 Å². The number of carbonyl (C=O) groups is 6. The van der Waals surface area contributed by atoms with Crippen molar-refractivity contribution in [3.8, 4) is 0 Å². The summed E-state index contributed by atoms with van der Waals surface area (Å²) in [7, 11) is 2.62. The van der Waals surface area contributed by atoms with Crippen LogP contribution in [0.3, 0.4) is 0 Å². The largest absolute Gasteiger partial charge is 0.478 e. The molecule has 81 heavy (non-hydrogen) atoms. The highest BCUT2D eigenvalue weighted by molar-refractivity contribution is 6.11. The smallest absolute Gasteiger partial charge is 0.337 e. The van der Waals surface area contributed by atoms with E-state index in [0.717, 1.165) is 42.4 Å². The number of hydrogen-bond donors (Lipinski definition) is 2. The van der Waals surface area contributed by atoms with Crippen LogP contribution in [0.4, 0.5) is 0 Å². The first-order valence-electron chi connectivity index (χ1n) is 28.0. The summed E-state index contributed by atoms with van der Waals surface area (Å²) in [6, 6.07) is 33.9. The molecule has 3 aliphatic carbocycles. The van der Waals surface area contributed by atoms with Crippen molar-refractivity contribution in [1.29, 1.82) is 0 Å². The van der Waals surface area contributed by atoms with Crippen molar-refractivity contribution in [3.63, 3.8) is 0 Å². The van der Waals surface area contributed by atoms with Crippen molar-refractivity contribution in [1.82, 2.24) is 0 Å². The number of carboxylic acid groups (broad SMARTS) is 2. The fraction of sp³-hybridized carbons (Fsp3) is 0.408. The Morgan fingerprint density at radius 2 is 0.580 bits per heavy atom. The summed E-state index contributed by atoms with van der Waals surface area (Å²) in [5.41, 5.74) is 16.4. The van der Waals surface area contributed by atoms with Gasteiger partial charge in [0.25, 0.3) is 0 Å². The van der Waals surface area contributed by atoms with Gasteiger partial charge < -0.3 is 19.7 Å². The van der Waals surface area contributed by atoms with Gasteiger partial charge in [-0.25, -0.2) is 19.2 Å². The lowest BCUT2D eigenvalue weighted by molar-refractivity contribution is 0.0591. The van der Waals surface area contributed by atoms with E-state index in [9.17, 15) is 28.8 Å². The lowest BCUT2D eigenvalue weighted by atomic mass is 9.62. The molecule has 0 radical (unpaired) electrons. The number of benzene rings is 6. The van der Waals surface area contributed by atoms with E-state index in [1.165, 1.54) is 91.3 Å². The highest BCUT2D eigenvalue weighted by Gasteiger charge is 2.40. The highest BCUT2D eigenvalue weighted by Crippen LogP contribution is 2.49. The molecule has 0 unspecified atom stereocenters. The molecule has 3 aliphatic rings. The van der Waals surface area contributed by atoms with Crippen LogP contribution in [-0.4, -0.2) is 59.9 Å². The van der Waals surface area contributed by atoms with Crippen LogP contribution in [0.25, 0.3) is 0 Å². The zero-order chi connectivity index (χ0) is 60.4. The Morgan fingerprint density at radius 1 is 0.333 bits per heavy atom. The molecule has 0 aliphatic heterocycles. The number of hydrogen-bond acceptors (Lipinski definition) is 8. The van der Waals surface area contributed by atoms with Gasteiger partial charge in [-0.15, -0.1) is 0 Å². The van der Waals surface area contributed by atoms with Crippen LogP contribution >= 0.6 is 0 Å². The molecule has 6 aromatic rings. The second-order valence-electron chi connectivity index (χ2n) is 26.3. The predicted molar refractivity (Wildman–Crippen MR) is 322 cm³/mol. The minimum atomic E-state index is -1.02. The molecular weight excluding hydrogens is 1010 g/mol. The molecule has 6 aromatic carbocycles. The van der Waals surface area contributed by atoms with Gasteiger partial charge in [0.15, 0.2) is 11.6 Å². The van der Waals surface area contributed by atoms with Gasteiger partial charge in [-0.05, 0) is 197 Å². The third-order valence-corrected chi connectivity index (χ3v) is 17.4. The summed E-state index contributed by atoms with van der Waals surface area (Å²) in [4.78, 5) is 70.2. The third-order valence-electron chi connectivity index (χ3n) is 17.4. The van der Waals surface area contributed by atoms with Crippen LogP contribution in [0.5, 0.6) is 0 Å². The Morgan fingerprint density at radius 3 is 0.864 bits per heavy atom. The molecule has 10 nitrogen and oxygen atoms in total. The molecule has 0 aromatic heterocycles. The molecule has 0 saturated carbocycles. The van der Waals surface area contributed by atoms with E-state index in [2.05, 4.69) is 137 Å². The number of fused-ring (bicyclic) bond motifs is 3. The zero-order valence-corrected chi connectivity index (χ0v) is 50.9. The van der Waals surface area contributed by atoms with Crippen LogP contribution in [0.2, 0.25) is 0 Å². The number of aryl methyl sites for hydroxylation is 3. The van der Waals surface area contributed by atoms with Gasteiger partial charge in [-0.1, -0.05) is 143 Å². The van der Waals surface area contributed by atoms with Crippen LogP contribution in [-0.2, 0) is 42.0 Å². The van der Waals surface area contributed by atoms with Crippen molar-refractivity contribution in [3.05, 3.63) is 210 Å². The van der Waals surface area contributed by atoms with Gasteiger partial charge in [0.2, 0.25) is 0 Å². The van der Waals surface area contributed by atoms with Crippen LogP contribution in [0.15, 0.2) is 115 Å². The van der Waals surface area contributed by atoms with Gasteiger partial charge >= 0.3 is 23.9 Å². The minimum absolute atomic E-state index is 0.00843. The van der Waals surface area contributed by atoms with E-state index >= 15 is 0 Å². The van der Waals surface area contributed by atoms with Gasteiger partial charge in [0.05, 0.1) is 36.5 Å². The molecular formula is C71H84O10. The maximum atomic E-state index is 13.2. The number of carboxylic acids is 2. The first-order valence-corrected chi connectivity index (χ1v) is 28.0. The van der Waals surface area contributed by atoms with Gasteiger partial charge in [-0.3, -0.25) is 9.59 Å². The first kappa shape index (κ1) is 62.7. The molecule has 0 saturated heterocycles. The monoisotopic (exact) mass is 1100 g/mol. The van der Waals surface area contributed by atoms with E-state index in [-0.39, 0.29) is 44.4 Å². The Bertz CT molecular complexity index is 3360. The third kappa shape index (κ3) is 14.0. The summed E-state index contributed by atoms with van der Waals surface area (Å²) in [6.07, 6.45) is 7.09. The lowest BCUT2D eigenvalue weighted by Gasteiger charge is -2.42. The first-order chi connectivity index (χ1) is 37.6. The van der Waals surface area contributed by atoms with Crippen LogP contribution in [0, 0.1) is 20.8 Å². The number of rotatable bonds is 8. The molecule has 0 fully saturated rings. The van der Waals surface area contributed by atoms with E-state index in [4.69, 9.17) is 14.9 Å². The summed E-state index contributed by atoms with van der Waals surface area (Å²) < 4.78 is 9.17. The summed E-state index contributed by atoms with van der Waals surface area (Å²) >= 11 is 0.